The highest BCUT2D eigenvalue weighted by molar-refractivity contribution is 5.65. The van der Waals surface area contributed by atoms with Crippen molar-refractivity contribution in [3.8, 4) is 0 Å². The summed E-state index contributed by atoms with van der Waals surface area (Å²) in [6.45, 7) is 1.37. The van der Waals surface area contributed by atoms with Gasteiger partial charge in [-0.15, -0.1) is 0 Å². The highest BCUT2D eigenvalue weighted by Crippen LogP contribution is 2.30. The first kappa shape index (κ1) is 19.3. The van der Waals surface area contributed by atoms with Crippen molar-refractivity contribution in [1.82, 2.24) is 0 Å². The fourth-order valence-corrected chi connectivity index (χ4v) is 2.61. The Bertz CT molecular complexity index is 337. The smallest absolute Gasteiger partial charge is 0.302 e. The van der Waals surface area contributed by atoms with Crippen molar-refractivity contribution >= 4 is 5.97 Å². The van der Waals surface area contributed by atoms with Crippen molar-refractivity contribution in [3.05, 3.63) is 0 Å². The molecule has 6 atom stereocenters. The Kier molecular flexibility index (Phi) is 8.23. The van der Waals surface area contributed by atoms with Crippen LogP contribution in [0.15, 0.2) is 0 Å². The number of carbonyl (C=O) groups is 1. The second-order valence-corrected chi connectivity index (χ2v) is 4.88. The highest BCUT2D eigenvalue weighted by Gasteiger charge is 2.50. The molecule has 130 valence electrons. The van der Waals surface area contributed by atoms with E-state index in [0.29, 0.717) is 0 Å². The van der Waals surface area contributed by atoms with Gasteiger partial charge in [0.1, 0.15) is 37.1 Å². The van der Waals surface area contributed by atoms with E-state index in [0.717, 1.165) is 0 Å². The molecule has 1 heterocycles. The molecule has 0 N–H and O–H groups in total. The Morgan fingerprint density at radius 3 is 1.95 bits per heavy atom. The molecule has 0 aliphatic carbocycles. The van der Waals surface area contributed by atoms with E-state index in [9.17, 15) is 4.79 Å². The molecule has 8 nitrogen and oxygen atoms in total. The minimum Gasteiger partial charge on any atom is -0.463 e. The van der Waals surface area contributed by atoms with Gasteiger partial charge < -0.3 is 33.2 Å². The maximum atomic E-state index is 11.0. The average molecular weight is 322 g/mol. The monoisotopic (exact) mass is 322 g/mol. The van der Waals surface area contributed by atoms with Crippen molar-refractivity contribution < 1.29 is 38.0 Å². The molecule has 0 aromatic rings. The molecule has 1 aliphatic rings. The fourth-order valence-electron chi connectivity index (χ4n) is 2.61. The molecule has 0 aromatic carbocycles. The van der Waals surface area contributed by atoms with Gasteiger partial charge in [-0.3, -0.25) is 4.79 Å². The predicted octanol–water partition coefficient (Wildman–Crippen LogP) is -0.0192. The zero-order valence-electron chi connectivity index (χ0n) is 13.9. The van der Waals surface area contributed by atoms with Gasteiger partial charge in [-0.25, -0.2) is 0 Å². The molecule has 0 aromatic heterocycles. The zero-order valence-corrected chi connectivity index (χ0v) is 13.9. The molecule has 0 radical (unpaired) electrons. The van der Waals surface area contributed by atoms with Gasteiger partial charge in [0.15, 0.2) is 6.29 Å². The molecular weight excluding hydrogens is 296 g/mol. The van der Waals surface area contributed by atoms with E-state index in [1.807, 2.05) is 0 Å². The molecule has 0 bridgehead atoms. The van der Waals surface area contributed by atoms with Crippen LogP contribution in [0.2, 0.25) is 0 Å². The van der Waals surface area contributed by atoms with Gasteiger partial charge in [0, 0.05) is 42.5 Å². The summed E-state index contributed by atoms with van der Waals surface area (Å²) in [4.78, 5) is 11.0. The van der Waals surface area contributed by atoms with Crippen molar-refractivity contribution in [2.24, 2.45) is 0 Å². The molecule has 1 aliphatic heterocycles. The van der Waals surface area contributed by atoms with Crippen molar-refractivity contribution in [2.45, 2.75) is 43.7 Å². The lowest BCUT2D eigenvalue weighted by Crippen LogP contribution is -2.63. The number of ether oxygens (including phenoxy) is 7. The van der Waals surface area contributed by atoms with Crippen LogP contribution >= 0.6 is 0 Å². The summed E-state index contributed by atoms with van der Waals surface area (Å²) in [5.74, 6) is -0.395. The Labute approximate surface area is 130 Å². The second kappa shape index (κ2) is 9.39. The first-order valence-corrected chi connectivity index (χ1v) is 6.96. The van der Waals surface area contributed by atoms with Crippen LogP contribution < -0.4 is 0 Å². The van der Waals surface area contributed by atoms with E-state index in [1.54, 1.807) is 21.3 Å². The molecule has 0 amide bonds. The molecule has 8 heteroatoms. The standard InChI is InChI=1S/C14H26O8/c1-8(15)21-7-9(16-2)10-11(17-3)12(18-4)13(19-5)14(20-6)22-10/h9-14H,7H2,1-6H3/t9-,10+,11+,12-,13-,14+/m0/s1. The summed E-state index contributed by atoms with van der Waals surface area (Å²) < 4.78 is 38.1. The molecule has 1 saturated heterocycles. The Balaban J connectivity index is 2.96. The molecule has 22 heavy (non-hydrogen) atoms. The van der Waals surface area contributed by atoms with E-state index in [-0.39, 0.29) is 6.61 Å². The molecule has 1 rings (SSSR count). The van der Waals surface area contributed by atoms with Crippen LogP contribution in [0, 0.1) is 0 Å². The van der Waals surface area contributed by atoms with Gasteiger partial charge in [-0.1, -0.05) is 0 Å². The molecule has 0 spiro atoms. The van der Waals surface area contributed by atoms with Crippen LogP contribution in [0.4, 0.5) is 0 Å². The fraction of sp³-hybridized carbons (Fsp3) is 0.929. The van der Waals surface area contributed by atoms with Crippen molar-refractivity contribution in [1.29, 1.82) is 0 Å². The Morgan fingerprint density at radius 1 is 0.955 bits per heavy atom. The predicted molar refractivity (Wildman–Crippen MR) is 75.5 cm³/mol. The quantitative estimate of drug-likeness (QED) is 0.577. The normalized spacial score (nSPS) is 33.5. The maximum Gasteiger partial charge on any atom is 0.302 e. The van der Waals surface area contributed by atoms with Gasteiger partial charge in [0.25, 0.3) is 0 Å². The summed E-state index contributed by atoms with van der Waals surface area (Å²) in [5.41, 5.74) is 0. The summed E-state index contributed by atoms with van der Waals surface area (Å²) in [6.07, 6.45) is -3.07. The van der Waals surface area contributed by atoms with Crippen molar-refractivity contribution in [3.63, 3.8) is 0 Å². The minimum absolute atomic E-state index is 0.0425. The summed E-state index contributed by atoms with van der Waals surface area (Å²) >= 11 is 0. The van der Waals surface area contributed by atoms with E-state index in [2.05, 4.69) is 0 Å². The molecular formula is C14H26O8. The number of carbonyl (C=O) groups excluding carboxylic acids is 1. The molecule has 1 fully saturated rings. The topological polar surface area (TPSA) is 81.7 Å². The van der Waals surface area contributed by atoms with Crippen LogP contribution in [-0.4, -0.2) is 84.9 Å². The van der Waals surface area contributed by atoms with Gasteiger partial charge >= 0.3 is 5.97 Å². The van der Waals surface area contributed by atoms with Crippen LogP contribution in [0.25, 0.3) is 0 Å². The van der Waals surface area contributed by atoms with Gasteiger partial charge in [0.05, 0.1) is 0 Å². The Morgan fingerprint density at radius 2 is 1.55 bits per heavy atom. The third-order valence-electron chi connectivity index (χ3n) is 3.70. The average Bonchev–Trinajstić information content (AvgIpc) is 2.53. The van der Waals surface area contributed by atoms with Crippen molar-refractivity contribution in [2.75, 3.05) is 42.2 Å². The van der Waals surface area contributed by atoms with E-state index in [4.69, 9.17) is 33.2 Å². The van der Waals surface area contributed by atoms with E-state index in [1.165, 1.54) is 21.1 Å². The lowest BCUT2D eigenvalue weighted by molar-refractivity contribution is -0.318. The third kappa shape index (κ3) is 4.37. The number of esters is 1. The summed E-state index contributed by atoms with van der Waals surface area (Å²) in [6, 6.07) is 0. The van der Waals surface area contributed by atoms with Crippen LogP contribution in [-0.2, 0) is 38.0 Å². The first-order chi connectivity index (χ1) is 10.5. The number of hydrogen-bond acceptors (Lipinski definition) is 8. The lowest BCUT2D eigenvalue weighted by Gasteiger charge is -2.46. The number of methoxy groups -OCH3 is 5. The highest BCUT2D eigenvalue weighted by atomic mass is 16.7. The summed E-state index contributed by atoms with van der Waals surface area (Å²) in [7, 11) is 7.68. The van der Waals surface area contributed by atoms with Crippen LogP contribution in [0.5, 0.6) is 0 Å². The SMILES string of the molecule is CO[C@@H]1O[C@H]([C@H](COC(C)=O)OC)[C@@H](OC)[C@H](OC)[C@@H]1OC. The van der Waals surface area contributed by atoms with Gasteiger partial charge in [0.2, 0.25) is 0 Å². The summed E-state index contributed by atoms with van der Waals surface area (Å²) in [5, 5.41) is 0. The van der Waals surface area contributed by atoms with E-state index >= 15 is 0 Å². The minimum atomic E-state index is -0.652. The maximum absolute atomic E-state index is 11.0. The van der Waals surface area contributed by atoms with Crippen LogP contribution in [0.3, 0.4) is 0 Å². The molecule has 0 saturated carbocycles. The van der Waals surface area contributed by atoms with Gasteiger partial charge in [-0.05, 0) is 0 Å². The van der Waals surface area contributed by atoms with Crippen LogP contribution in [0.1, 0.15) is 6.92 Å². The van der Waals surface area contributed by atoms with Gasteiger partial charge in [-0.2, -0.15) is 0 Å². The first-order valence-electron chi connectivity index (χ1n) is 6.96. The lowest BCUT2D eigenvalue weighted by atomic mass is 9.94. The largest absolute Gasteiger partial charge is 0.463 e. The zero-order chi connectivity index (χ0) is 16.7. The van der Waals surface area contributed by atoms with E-state index < -0.39 is 42.8 Å². The number of hydrogen-bond donors (Lipinski definition) is 0. The number of rotatable bonds is 8. The second-order valence-electron chi connectivity index (χ2n) is 4.88. The molecule has 0 unspecified atom stereocenters. The Hall–Kier alpha value is -0.770. The third-order valence-corrected chi connectivity index (χ3v) is 3.70.